The van der Waals surface area contributed by atoms with Gasteiger partial charge in [0.15, 0.2) is 0 Å². The first-order valence-electron chi connectivity index (χ1n) is 8.45. The first-order valence-corrected chi connectivity index (χ1v) is 8.45. The van der Waals surface area contributed by atoms with Crippen LogP contribution < -0.4 is 5.32 Å². The van der Waals surface area contributed by atoms with E-state index in [0.29, 0.717) is 12.8 Å². The second kappa shape index (κ2) is 15.0. The normalized spacial score (nSPS) is 11.0. The van der Waals surface area contributed by atoms with Crippen molar-refractivity contribution in [2.45, 2.75) is 58.7 Å². The summed E-state index contributed by atoms with van der Waals surface area (Å²) in [6.45, 7) is 10.7. The van der Waals surface area contributed by atoms with Crippen molar-refractivity contribution in [1.82, 2.24) is 5.32 Å². The molecule has 0 heterocycles. The maximum Gasteiger partial charge on any atom is 0.573 e. The molecular weight excluding hydrogens is 351 g/mol. The monoisotopic (exact) mass is 379 g/mol. The van der Waals surface area contributed by atoms with Gasteiger partial charge in [-0.15, -0.1) is 13.2 Å². The summed E-state index contributed by atoms with van der Waals surface area (Å²) in [4.78, 5) is 22.2. The third-order valence-electron chi connectivity index (χ3n) is 2.92. The standard InChI is InChI=1S/C16H22F3NO4.C2H6/c1-3-9-13(12(2)24-16(17,18)19)15(23)20-11-8-6-4-5-7-10-14(21)22;1-2/h3,9H,1-2,4-8,10-11H2,(H,20,23)(H,21,22);1-2H3/b13-9+;. The fourth-order valence-electron chi connectivity index (χ4n) is 1.84. The van der Waals surface area contributed by atoms with Crippen LogP contribution in [0, 0.1) is 0 Å². The lowest BCUT2D eigenvalue weighted by Crippen LogP contribution is -2.28. The topological polar surface area (TPSA) is 75.6 Å². The van der Waals surface area contributed by atoms with Gasteiger partial charge < -0.3 is 15.2 Å². The van der Waals surface area contributed by atoms with Gasteiger partial charge in [0.2, 0.25) is 0 Å². The molecule has 8 heteroatoms. The summed E-state index contributed by atoms with van der Waals surface area (Å²) < 4.78 is 40.2. The molecule has 5 nitrogen and oxygen atoms in total. The molecule has 1 amide bonds. The summed E-state index contributed by atoms with van der Waals surface area (Å²) in [7, 11) is 0. The van der Waals surface area contributed by atoms with Crippen molar-refractivity contribution >= 4 is 11.9 Å². The van der Waals surface area contributed by atoms with E-state index in [2.05, 4.69) is 23.2 Å². The van der Waals surface area contributed by atoms with E-state index in [1.165, 1.54) is 6.08 Å². The average Bonchev–Trinajstić information content (AvgIpc) is 2.54. The van der Waals surface area contributed by atoms with Crippen LogP contribution in [0.1, 0.15) is 52.4 Å². The summed E-state index contributed by atoms with van der Waals surface area (Å²) in [6, 6.07) is 0. The smallest absolute Gasteiger partial charge is 0.481 e. The number of allylic oxidation sites excluding steroid dienone is 2. The van der Waals surface area contributed by atoms with E-state index in [1.54, 1.807) is 0 Å². The number of ether oxygens (including phenoxy) is 1. The number of rotatable bonds is 12. The number of hydrogen-bond acceptors (Lipinski definition) is 3. The largest absolute Gasteiger partial charge is 0.573 e. The van der Waals surface area contributed by atoms with Gasteiger partial charge in [-0.1, -0.05) is 52.3 Å². The van der Waals surface area contributed by atoms with E-state index in [9.17, 15) is 22.8 Å². The van der Waals surface area contributed by atoms with Gasteiger partial charge in [0, 0.05) is 13.0 Å². The molecular formula is C18H28F3NO4. The number of halogens is 3. The fourth-order valence-corrected chi connectivity index (χ4v) is 1.84. The number of nitrogens with one attached hydrogen (secondary N) is 1. The summed E-state index contributed by atoms with van der Waals surface area (Å²) in [5.74, 6) is -2.35. The number of unbranched alkanes of at least 4 members (excludes halogenated alkanes) is 4. The molecule has 2 N–H and O–H groups in total. The second-order valence-electron chi connectivity index (χ2n) is 4.95. The van der Waals surface area contributed by atoms with Crippen LogP contribution in [0.3, 0.4) is 0 Å². The number of aliphatic carboxylic acids is 1. The van der Waals surface area contributed by atoms with Crippen LogP contribution in [0.4, 0.5) is 13.2 Å². The summed E-state index contributed by atoms with van der Waals surface area (Å²) >= 11 is 0. The molecule has 0 atom stereocenters. The van der Waals surface area contributed by atoms with Gasteiger partial charge in [0.1, 0.15) is 5.76 Å². The number of hydrogen-bond donors (Lipinski definition) is 2. The Balaban J connectivity index is 0. The van der Waals surface area contributed by atoms with Crippen molar-refractivity contribution in [2.75, 3.05) is 6.54 Å². The zero-order chi connectivity index (χ0) is 20.6. The predicted molar refractivity (Wildman–Crippen MR) is 94.3 cm³/mol. The van der Waals surface area contributed by atoms with E-state index >= 15 is 0 Å². The Morgan fingerprint density at radius 2 is 1.65 bits per heavy atom. The molecule has 0 aromatic carbocycles. The van der Waals surface area contributed by atoms with Crippen molar-refractivity contribution in [3.63, 3.8) is 0 Å². The molecule has 150 valence electrons. The minimum absolute atomic E-state index is 0.133. The van der Waals surface area contributed by atoms with Crippen LogP contribution in [-0.4, -0.2) is 29.9 Å². The highest BCUT2D eigenvalue weighted by Gasteiger charge is 2.33. The van der Waals surface area contributed by atoms with Gasteiger partial charge >= 0.3 is 12.3 Å². The van der Waals surface area contributed by atoms with Crippen LogP contribution in [0.5, 0.6) is 0 Å². The summed E-state index contributed by atoms with van der Waals surface area (Å²) in [6.07, 6.45) is 1.08. The Morgan fingerprint density at radius 1 is 1.12 bits per heavy atom. The minimum Gasteiger partial charge on any atom is -0.481 e. The Hall–Kier alpha value is -2.25. The van der Waals surface area contributed by atoms with E-state index in [1.807, 2.05) is 13.8 Å². The maximum atomic E-state index is 12.2. The number of carboxylic acid groups (broad SMARTS) is 1. The predicted octanol–water partition coefficient (Wildman–Crippen LogP) is 4.72. The second-order valence-corrected chi connectivity index (χ2v) is 4.95. The van der Waals surface area contributed by atoms with Crippen molar-refractivity contribution in [3.05, 3.63) is 36.6 Å². The van der Waals surface area contributed by atoms with Gasteiger partial charge in [0.05, 0.1) is 5.57 Å². The SMILES string of the molecule is C=C/C=C(\C(=C)OC(F)(F)F)C(=O)NCCCCCCCC(=O)O.CC. The molecule has 0 spiro atoms. The number of carboxylic acids is 1. The minimum atomic E-state index is -4.92. The third kappa shape index (κ3) is 15.3. The lowest BCUT2D eigenvalue weighted by Gasteiger charge is -2.14. The van der Waals surface area contributed by atoms with Gasteiger partial charge in [0.25, 0.3) is 5.91 Å². The molecule has 0 aliphatic rings. The van der Waals surface area contributed by atoms with E-state index in [-0.39, 0.29) is 18.5 Å². The summed E-state index contributed by atoms with van der Waals surface area (Å²) in [5, 5.41) is 11.0. The van der Waals surface area contributed by atoms with Crippen molar-refractivity contribution < 1.29 is 32.6 Å². The molecule has 0 saturated carbocycles. The average molecular weight is 379 g/mol. The highest BCUT2D eigenvalue weighted by atomic mass is 19.4. The Bertz CT molecular complexity index is 485. The Kier molecular flexibility index (Phi) is 15.0. The molecule has 0 rings (SSSR count). The number of carbonyl (C=O) groups is 2. The number of carbonyl (C=O) groups excluding carboxylic acids is 1. The highest BCUT2D eigenvalue weighted by molar-refractivity contribution is 5.97. The molecule has 0 saturated heterocycles. The van der Waals surface area contributed by atoms with Crippen LogP contribution in [0.15, 0.2) is 36.6 Å². The van der Waals surface area contributed by atoms with Crippen LogP contribution in [0.2, 0.25) is 0 Å². The maximum absolute atomic E-state index is 12.2. The highest BCUT2D eigenvalue weighted by Crippen LogP contribution is 2.23. The third-order valence-corrected chi connectivity index (χ3v) is 2.92. The first-order chi connectivity index (χ1) is 12.2. The Morgan fingerprint density at radius 3 is 2.15 bits per heavy atom. The molecule has 0 aromatic heterocycles. The molecule has 0 aromatic rings. The zero-order valence-electron chi connectivity index (χ0n) is 15.3. The molecule has 26 heavy (non-hydrogen) atoms. The quantitative estimate of drug-likeness (QED) is 0.223. The molecule has 0 radical (unpaired) electrons. The van der Waals surface area contributed by atoms with Crippen molar-refractivity contribution in [2.24, 2.45) is 0 Å². The number of alkyl halides is 3. The van der Waals surface area contributed by atoms with E-state index in [0.717, 1.165) is 25.3 Å². The first kappa shape index (κ1) is 26.0. The van der Waals surface area contributed by atoms with Crippen LogP contribution in [0.25, 0.3) is 0 Å². The van der Waals surface area contributed by atoms with Gasteiger partial charge in [-0.3, -0.25) is 9.59 Å². The number of amides is 1. The fraction of sp³-hybridized carbons (Fsp3) is 0.556. The molecule has 0 aliphatic heterocycles. The summed E-state index contributed by atoms with van der Waals surface area (Å²) in [5.41, 5.74) is -0.344. The van der Waals surface area contributed by atoms with Gasteiger partial charge in [-0.05, 0) is 18.9 Å². The van der Waals surface area contributed by atoms with Crippen molar-refractivity contribution in [1.29, 1.82) is 0 Å². The lowest BCUT2D eigenvalue weighted by molar-refractivity contribution is -0.303. The molecule has 0 aliphatic carbocycles. The zero-order valence-corrected chi connectivity index (χ0v) is 15.3. The Labute approximate surface area is 152 Å². The van der Waals surface area contributed by atoms with E-state index < -0.39 is 24.0 Å². The molecule has 0 fully saturated rings. The van der Waals surface area contributed by atoms with Crippen molar-refractivity contribution in [3.8, 4) is 0 Å². The van der Waals surface area contributed by atoms with E-state index in [4.69, 9.17) is 5.11 Å². The molecule has 0 unspecified atom stereocenters. The lowest BCUT2D eigenvalue weighted by atomic mass is 10.1. The van der Waals surface area contributed by atoms with Crippen LogP contribution >= 0.6 is 0 Å². The van der Waals surface area contributed by atoms with Gasteiger partial charge in [-0.25, -0.2) is 0 Å². The van der Waals surface area contributed by atoms with Gasteiger partial charge in [-0.2, -0.15) is 0 Å². The molecule has 0 bridgehead atoms. The van der Waals surface area contributed by atoms with Crippen LogP contribution in [-0.2, 0) is 14.3 Å².